The molecule has 0 aliphatic heterocycles. The Morgan fingerprint density at radius 3 is 3.11 bits per heavy atom. The van der Waals surface area contributed by atoms with E-state index in [9.17, 15) is 0 Å². The molecule has 2 rings (SSSR count). The Morgan fingerprint density at radius 1 is 1.44 bits per heavy atom. The lowest BCUT2D eigenvalue weighted by Crippen LogP contribution is -1.84. The van der Waals surface area contributed by atoms with Crippen LogP contribution in [0, 0.1) is 0 Å². The van der Waals surface area contributed by atoms with E-state index in [4.69, 9.17) is 5.21 Å². The second-order valence-corrected chi connectivity index (χ2v) is 1.67. The number of rotatable bonds is 0. The zero-order valence-electron chi connectivity index (χ0n) is 4.47. The Kier molecular flexibility index (Phi) is 0.606. The van der Waals surface area contributed by atoms with E-state index >= 15 is 0 Å². The first-order chi connectivity index (χ1) is 4.38. The number of fused-ring (bicyclic) bond motifs is 1. The van der Waals surface area contributed by atoms with Crippen molar-refractivity contribution in [1.29, 1.82) is 0 Å². The average Bonchev–Trinajstić information content (AvgIpc) is 2.35. The van der Waals surface area contributed by atoms with E-state index in [1.165, 1.54) is 23.4 Å². The molecule has 5 heteroatoms. The molecule has 9 heavy (non-hydrogen) atoms. The molecule has 46 valence electrons. The molecular formula is C4H4N4O. The van der Waals surface area contributed by atoms with Crippen molar-refractivity contribution >= 4 is 5.65 Å². The van der Waals surface area contributed by atoms with Gasteiger partial charge in [0, 0.05) is 0 Å². The summed E-state index contributed by atoms with van der Waals surface area (Å²) in [5.74, 6) is 0. The Morgan fingerprint density at radius 2 is 2.33 bits per heavy atom. The van der Waals surface area contributed by atoms with Crippen LogP contribution in [-0.4, -0.2) is 24.5 Å². The molecule has 0 aliphatic carbocycles. The highest BCUT2D eigenvalue weighted by Gasteiger charge is 1.96. The predicted octanol–water partition coefficient (Wildman–Crippen LogP) is -0.232. The molecule has 2 aromatic rings. The molecule has 5 nitrogen and oxygen atoms in total. The molecule has 0 saturated carbocycles. The van der Waals surface area contributed by atoms with E-state index in [-0.39, 0.29) is 0 Å². The molecular weight excluding hydrogens is 120 g/mol. The third-order valence-electron chi connectivity index (χ3n) is 1.12. The summed E-state index contributed by atoms with van der Waals surface area (Å²) in [6, 6.07) is 0. The van der Waals surface area contributed by atoms with Gasteiger partial charge in [-0.25, -0.2) is 4.98 Å². The molecule has 0 bridgehead atoms. The largest absolute Gasteiger partial charge is 0.425 e. The number of aromatic nitrogens is 4. The first kappa shape index (κ1) is 4.37. The molecule has 0 aliphatic rings. The summed E-state index contributed by atoms with van der Waals surface area (Å²) in [5.41, 5.74) is 0.565. The summed E-state index contributed by atoms with van der Waals surface area (Å²) >= 11 is 0. The molecule has 0 aromatic carbocycles. The first-order valence-corrected chi connectivity index (χ1v) is 2.43. The number of hydrogen-bond donors (Lipinski definition) is 1. The lowest BCUT2D eigenvalue weighted by atomic mass is 10.8. The molecule has 0 radical (unpaired) electrons. The zero-order chi connectivity index (χ0) is 6.27. The van der Waals surface area contributed by atoms with Gasteiger partial charge < -0.3 is 5.21 Å². The van der Waals surface area contributed by atoms with E-state index in [0.717, 1.165) is 4.73 Å². The molecule has 0 spiro atoms. The van der Waals surface area contributed by atoms with Crippen molar-refractivity contribution in [2.45, 2.75) is 0 Å². The van der Waals surface area contributed by atoms with Gasteiger partial charge in [-0.1, -0.05) is 0 Å². The number of hydrogen-bond acceptors (Lipinski definition) is 3. The van der Waals surface area contributed by atoms with Crippen LogP contribution in [0.2, 0.25) is 0 Å². The van der Waals surface area contributed by atoms with E-state index in [0.29, 0.717) is 5.65 Å². The third-order valence-corrected chi connectivity index (χ3v) is 1.12. The van der Waals surface area contributed by atoms with Crippen molar-refractivity contribution in [3.63, 3.8) is 0 Å². The summed E-state index contributed by atoms with van der Waals surface area (Å²) in [6.45, 7) is 0. The predicted molar refractivity (Wildman–Crippen MR) is 28.2 cm³/mol. The van der Waals surface area contributed by atoms with Crippen LogP contribution in [0.25, 0.3) is 5.65 Å². The maximum atomic E-state index is 8.89. The number of nitrogens with zero attached hydrogens (tertiary/aromatic N) is 4. The summed E-state index contributed by atoms with van der Waals surface area (Å²) in [6.07, 6.45) is 4.34. The van der Waals surface area contributed by atoms with E-state index < -0.39 is 0 Å². The van der Waals surface area contributed by atoms with Crippen molar-refractivity contribution in [3.05, 3.63) is 18.9 Å². The summed E-state index contributed by atoms with van der Waals surface area (Å²) in [7, 11) is 0. The smallest absolute Gasteiger partial charge is 0.191 e. The summed E-state index contributed by atoms with van der Waals surface area (Å²) in [4.78, 5) is 3.74. The van der Waals surface area contributed by atoms with Crippen molar-refractivity contribution in [2.75, 3.05) is 0 Å². The summed E-state index contributed by atoms with van der Waals surface area (Å²) < 4.78 is 2.38. The van der Waals surface area contributed by atoms with Crippen molar-refractivity contribution < 1.29 is 5.21 Å². The zero-order valence-corrected chi connectivity index (χ0v) is 4.47. The monoisotopic (exact) mass is 124 g/mol. The Bertz CT molecular complexity index is 322. The van der Waals surface area contributed by atoms with Crippen LogP contribution in [0.3, 0.4) is 0 Å². The van der Waals surface area contributed by atoms with Crippen LogP contribution in [-0.2, 0) is 0 Å². The highest BCUT2D eigenvalue weighted by atomic mass is 16.5. The van der Waals surface area contributed by atoms with E-state index in [1.807, 2.05) is 0 Å². The molecule has 2 aromatic heterocycles. The van der Waals surface area contributed by atoms with Gasteiger partial charge in [0.2, 0.25) is 0 Å². The molecule has 2 heterocycles. The van der Waals surface area contributed by atoms with Gasteiger partial charge in [-0.2, -0.15) is 14.3 Å². The van der Waals surface area contributed by atoms with Gasteiger partial charge in [0.25, 0.3) is 0 Å². The Hall–Kier alpha value is -1.52. The van der Waals surface area contributed by atoms with Crippen LogP contribution < -0.4 is 0 Å². The fourth-order valence-electron chi connectivity index (χ4n) is 0.698. The Balaban J connectivity index is 2.99. The van der Waals surface area contributed by atoms with Crippen LogP contribution in [0.5, 0.6) is 0 Å². The van der Waals surface area contributed by atoms with Gasteiger partial charge in [0.1, 0.15) is 6.33 Å². The minimum atomic E-state index is 0.565. The van der Waals surface area contributed by atoms with Crippen LogP contribution in [0.1, 0.15) is 0 Å². The lowest BCUT2D eigenvalue weighted by molar-refractivity contribution is 0.197. The maximum Gasteiger partial charge on any atom is 0.191 e. The second-order valence-electron chi connectivity index (χ2n) is 1.67. The first-order valence-electron chi connectivity index (χ1n) is 2.43. The van der Waals surface area contributed by atoms with Crippen LogP contribution in [0.15, 0.2) is 18.9 Å². The van der Waals surface area contributed by atoms with Crippen LogP contribution >= 0.6 is 0 Å². The fraction of sp³-hybridized carbons (Fsp3) is 0. The highest BCUT2D eigenvalue weighted by molar-refractivity contribution is 5.32. The van der Waals surface area contributed by atoms with E-state index in [1.54, 1.807) is 0 Å². The molecule has 0 saturated heterocycles. The molecule has 0 unspecified atom stereocenters. The lowest BCUT2D eigenvalue weighted by Gasteiger charge is -1.81. The van der Waals surface area contributed by atoms with Gasteiger partial charge in [0.15, 0.2) is 12.0 Å². The van der Waals surface area contributed by atoms with Crippen molar-refractivity contribution in [3.8, 4) is 0 Å². The topological polar surface area (TPSA) is 55.3 Å². The fourth-order valence-corrected chi connectivity index (χ4v) is 0.698. The van der Waals surface area contributed by atoms with Gasteiger partial charge in [-0.3, -0.25) is 0 Å². The van der Waals surface area contributed by atoms with Gasteiger partial charge >= 0.3 is 0 Å². The third kappa shape index (κ3) is 0.426. The van der Waals surface area contributed by atoms with Gasteiger partial charge in [0.05, 0.1) is 6.20 Å². The highest BCUT2D eigenvalue weighted by Crippen LogP contribution is 1.95. The van der Waals surface area contributed by atoms with Crippen molar-refractivity contribution in [1.82, 2.24) is 19.3 Å². The summed E-state index contributed by atoms with van der Waals surface area (Å²) in [5, 5.41) is 12.6. The van der Waals surface area contributed by atoms with Gasteiger partial charge in [-0.05, 0) is 0 Å². The quantitative estimate of drug-likeness (QED) is 0.493. The SMILES string of the molecule is On1cnn2cncc12. The molecule has 0 amide bonds. The Labute approximate surface area is 50.1 Å². The average molecular weight is 124 g/mol. The normalized spacial score (nSPS) is 10.7. The van der Waals surface area contributed by atoms with Gasteiger partial charge in [-0.15, -0.1) is 0 Å². The van der Waals surface area contributed by atoms with E-state index in [2.05, 4.69) is 10.1 Å². The standard InChI is InChI=1S/C4H4N4O/c9-8-3-6-7-2-5-1-4(7)8/h1-3,9H. The molecule has 0 atom stereocenters. The minimum absolute atomic E-state index is 0.565. The molecule has 1 N–H and O–H groups in total. The second kappa shape index (κ2) is 1.25. The number of imidazole rings is 1. The molecule has 0 fully saturated rings. The maximum absolute atomic E-state index is 8.89. The minimum Gasteiger partial charge on any atom is -0.425 e. The van der Waals surface area contributed by atoms with Crippen LogP contribution in [0.4, 0.5) is 0 Å². The van der Waals surface area contributed by atoms with Crippen molar-refractivity contribution in [2.24, 2.45) is 0 Å².